The van der Waals surface area contributed by atoms with Crippen LogP contribution < -0.4 is 5.32 Å². The number of hydrogen-bond acceptors (Lipinski definition) is 6. The molecule has 3 amide bonds. The summed E-state index contributed by atoms with van der Waals surface area (Å²) < 4.78 is 0. The molecule has 3 unspecified atom stereocenters. The molecule has 1 saturated carbocycles. The van der Waals surface area contributed by atoms with Gasteiger partial charge >= 0.3 is 0 Å². The predicted octanol–water partition coefficient (Wildman–Crippen LogP) is 1.44. The topological polar surface area (TPSA) is 89.1 Å². The number of halogens is 2. The lowest BCUT2D eigenvalue weighted by Gasteiger charge is -2.47. The molecule has 11 heteroatoms. The summed E-state index contributed by atoms with van der Waals surface area (Å²) in [4.78, 5) is 49.3. The lowest BCUT2D eigenvalue weighted by atomic mass is 9.79. The summed E-state index contributed by atoms with van der Waals surface area (Å²) in [6.45, 7) is 5.53. The van der Waals surface area contributed by atoms with Crippen molar-refractivity contribution in [3.05, 3.63) is 28.0 Å². The summed E-state index contributed by atoms with van der Waals surface area (Å²) in [7, 11) is 1.70. The Bertz CT molecular complexity index is 919. The van der Waals surface area contributed by atoms with E-state index < -0.39 is 0 Å². The van der Waals surface area contributed by atoms with Crippen molar-refractivity contribution in [2.75, 3.05) is 46.4 Å². The first kappa shape index (κ1) is 25.2. The summed E-state index contributed by atoms with van der Waals surface area (Å²) in [5.41, 5.74) is 0.781. The lowest BCUT2D eigenvalue weighted by Crippen LogP contribution is -2.62. The monoisotopic (exact) mass is 510 g/mol. The summed E-state index contributed by atoms with van der Waals surface area (Å²) in [6, 6.07) is 3.84. The van der Waals surface area contributed by atoms with Gasteiger partial charge in [-0.1, -0.05) is 23.2 Å². The maximum Gasteiger partial charge on any atom is 0.242 e. The molecule has 1 N–H and O–H groups in total. The van der Waals surface area contributed by atoms with E-state index in [1.165, 1.54) is 0 Å². The fourth-order valence-corrected chi connectivity index (χ4v) is 5.83. The molecule has 3 heterocycles. The van der Waals surface area contributed by atoms with Gasteiger partial charge in [-0.25, -0.2) is 4.98 Å². The molecule has 0 spiro atoms. The van der Waals surface area contributed by atoms with Crippen molar-refractivity contribution in [3.63, 3.8) is 0 Å². The van der Waals surface area contributed by atoms with Crippen LogP contribution in [0.5, 0.6) is 0 Å². The van der Waals surface area contributed by atoms with Gasteiger partial charge in [0.1, 0.15) is 16.9 Å². The highest BCUT2D eigenvalue weighted by Crippen LogP contribution is 2.32. The maximum absolute atomic E-state index is 13.3. The Labute approximate surface area is 210 Å². The molecule has 3 aliphatic rings. The van der Waals surface area contributed by atoms with E-state index in [1.54, 1.807) is 35.9 Å². The molecule has 4 rings (SSSR count). The zero-order chi connectivity index (χ0) is 24.4. The third-order valence-corrected chi connectivity index (χ3v) is 7.65. The fraction of sp³-hybridized carbons (Fsp3) is 0.652. The van der Waals surface area contributed by atoms with Gasteiger partial charge in [-0.2, -0.15) is 0 Å². The molecule has 0 radical (unpaired) electrons. The van der Waals surface area contributed by atoms with Gasteiger partial charge in [0.15, 0.2) is 0 Å². The highest BCUT2D eigenvalue weighted by Gasteiger charge is 2.42. The Morgan fingerprint density at radius 1 is 1.15 bits per heavy atom. The molecule has 186 valence electrons. The zero-order valence-electron chi connectivity index (χ0n) is 19.7. The highest BCUT2D eigenvalue weighted by molar-refractivity contribution is 6.32. The zero-order valence-corrected chi connectivity index (χ0v) is 21.2. The Morgan fingerprint density at radius 2 is 1.82 bits per heavy atom. The number of nitrogens with one attached hydrogen (secondary N) is 1. The summed E-state index contributed by atoms with van der Waals surface area (Å²) in [5, 5.41) is 4.03. The van der Waals surface area contributed by atoms with Crippen LogP contribution in [-0.4, -0.2) is 101 Å². The quantitative estimate of drug-likeness (QED) is 0.602. The van der Waals surface area contributed by atoms with Gasteiger partial charge in [0, 0.05) is 58.8 Å². The van der Waals surface area contributed by atoms with Gasteiger partial charge < -0.3 is 14.7 Å². The van der Waals surface area contributed by atoms with Crippen LogP contribution in [-0.2, 0) is 20.9 Å². The average molecular weight is 511 g/mol. The number of carbonyl (C=O) groups excluding carboxylic acids is 3. The van der Waals surface area contributed by atoms with Crippen molar-refractivity contribution in [1.29, 1.82) is 0 Å². The number of nitrogens with zero attached hydrogens (tertiary/aromatic N) is 5. The number of pyridine rings is 1. The summed E-state index contributed by atoms with van der Waals surface area (Å²) >= 11 is 11.9. The van der Waals surface area contributed by atoms with Gasteiger partial charge in [-0.3, -0.25) is 24.6 Å². The average Bonchev–Trinajstić information content (AvgIpc) is 2.80. The number of amides is 3. The van der Waals surface area contributed by atoms with Crippen LogP contribution in [0.4, 0.5) is 0 Å². The van der Waals surface area contributed by atoms with Crippen LogP contribution in [0.3, 0.4) is 0 Å². The van der Waals surface area contributed by atoms with Crippen molar-refractivity contribution < 1.29 is 14.4 Å². The van der Waals surface area contributed by atoms with Crippen LogP contribution >= 0.6 is 23.2 Å². The molecular weight excluding hydrogens is 479 g/mol. The normalized spacial score (nSPS) is 25.8. The number of hydrogen-bond donors (Lipinski definition) is 1. The van der Waals surface area contributed by atoms with E-state index in [1.807, 2.05) is 4.90 Å². The molecule has 3 fully saturated rings. The Morgan fingerprint density at radius 3 is 2.47 bits per heavy atom. The number of aromatic nitrogens is 1. The minimum atomic E-state index is -0.148. The molecule has 1 aliphatic carbocycles. The smallest absolute Gasteiger partial charge is 0.242 e. The molecule has 1 aromatic rings. The van der Waals surface area contributed by atoms with E-state index >= 15 is 0 Å². The number of rotatable bonds is 5. The van der Waals surface area contributed by atoms with Crippen LogP contribution in [0, 0.1) is 5.92 Å². The van der Waals surface area contributed by atoms with Crippen molar-refractivity contribution in [2.24, 2.45) is 5.92 Å². The standard InChI is InChI=1S/C23H32Cl2N6O3/c1-15(32)29-5-7-30(8-6-29)17-3-4-19-18(11-17)23(34)31(14-26-19)13-22(33)28(2)12-16-9-20(24)27-21(25)10-16/h9-10,17-19,26H,3-8,11-14H2,1-2H3. The van der Waals surface area contributed by atoms with Gasteiger partial charge in [-0.15, -0.1) is 0 Å². The maximum atomic E-state index is 13.3. The first-order valence-electron chi connectivity index (χ1n) is 11.8. The molecule has 9 nitrogen and oxygen atoms in total. The van der Waals surface area contributed by atoms with E-state index in [-0.39, 0.29) is 46.5 Å². The van der Waals surface area contributed by atoms with Gasteiger partial charge in [0.25, 0.3) is 0 Å². The third-order valence-electron chi connectivity index (χ3n) is 7.27. The lowest BCUT2D eigenvalue weighted by molar-refractivity contribution is -0.148. The van der Waals surface area contributed by atoms with Crippen molar-refractivity contribution in [1.82, 2.24) is 29.9 Å². The van der Waals surface area contributed by atoms with E-state index in [4.69, 9.17) is 23.2 Å². The van der Waals surface area contributed by atoms with E-state index in [0.29, 0.717) is 19.3 Å². The van der Waals surface area contributed by atoms with Crippen molar-refractivity contribution >= 4 is 40.9 Å². The van der Waals surface area contributed by atoms with E-state index in [9.17, 15) is 14.4 Å². The van der Waals surface area contributed by atoms with Crippen LogP contribution in [0.15, 0.2) is 12.1 Å². The van der Waals surface area contributed by atoms with Gasteiger partial charge in [0.05, 0.1) is 12.6 Å². The van der Waals surface area contributed by atoms with Crippen LogP contribution in [0.25, 0.3) is 0 Å². The van der Waals surface area contributed by atoms with Crippen molar-refractivity contribution in [3.8, 4) is 0 Å². The Balaban J connectivity index is 1.32. The summed E-state index contributed by atoms with van der Waals surface area (Å²) in [5.74, 6) is -0.109. The molecule has 0 bridgehead atoms. The van der Waals surface area contributed by atoms with Gasteiger partial charge in [-0.05, 0) is 37.0 Å². The number of fused-ring (bicyclic) bond motifs is 1. The molecule has 0 aromatic carbocycles. The second-order valence-electron chi connectivity index (χ2n) is 9.49. The molecule has 34 heavy (non-hydrogen) atoms. The third kappa shape index (κ3) is 5.82. The summed E-state index contributed by atoms with van der Waals surface area (Å²) in [6.07, 6.45) is 2.77. The number of piperazine rings is 1. The van der Waals surface area contributed by atoms with E-state index in [0.717, 1.165) is 51.0 Å². The molecule has 3 atom stereocenters. The minimum Gasteiger partial charge on any atom is -0.340 e. The first-order valence-corrected chi connectivity index (χ1v) is 12.5. The number of likely N-dealkylation sites (N-methyl/N-ethyl adjacent to an activating group) is 1. The second-order valence-corrected chi connectivity index (χ2v) is 10.3. The molecule has 1 aromatic heterocycles. The van der Waals surface area contributed by atoms with Crippen LogP contribution in [0.1, 0.15) is 31.7 Å². The highest BCUT2D eigenvalue weighted by atomic mass is 35.5. The fourth-order valence-electron chi connectivity index (χ4n) is 5.32. The molecule has 2 saturated heterocycles. The van der Waals surface area contributed by atoms with E-state index in [2.05, 4.69) is 15.2 Å². The van der Waals surface area contributed by atoms with Crippen LogP contribution in [0.2, 0.25) is 10.3 Å². The Hall–Kier alpha value is -1.94. The SMILES string of the molecule is CC(=O)N1CCN(C2CCC3NCN(CC(=O)N(C)Cc4cc(Cl)nc(Cl)c4)C(=O)C3C2)CC1. The molecule has 2 aliphatic heterocycles. The predicted molar refractivity (Wildman–Crippen MR) is 129 cm³/mol. The van der Waals surface area contributed by atoms with Gasteiger partial charge in [0.2, 0.25) is 17.7 Å². The minimum absolute atomic E-state index is 0.0278. The largest absolute Gasteiger partial charge is 0.340 e. The Kier molecular flexibility index (Phi) is 7.97. The second kappa shape index (κ2) is 10.8. The van der Waals surface area contributed by atoms with Crippen molar-refractivity contribution in [2.45, 2.75) is 44.8 Å². The first-order chi connectivity index (χ1) is 16.2. The number of carbonyl (C=O) groups is 3. The molecular formula is C23H32Cl2N6O3.